The first-order chi connectivity index (χ1) is 8.66. The third-order valence-corrected chi connectivity index (χ3v) is 4.35. The van der Waals surface area contributed by atoms with Crippen LogP contribution in [0.1, 0.15) is 19.3 Å². The zero-order valence-electron chi connectivity index (χ0n) is 9.89. The second-order valence-electron chi connectivity index (χ2n) is 4.29. The maximum absolute atomic E-state index is 13.1. The number of nitrogens with zero attached hydrogens (tertiary/aromatic N) is 1. The Balaban J connectivity index is 2.03. The summed E-state index contributed by atoms with van der Waals surface area (Å²) in [6.07, 6.45) is 3.55. The van der Waals surface area contributed by atoms with Crippen LogP contribution in [0.25, 0.3) is 0 Å². The molecule has 0 radical (unpaired) electrons. The number of hydrogen-bond donors (Lipinski definition) is 1. The standard InChI is InChI=1S/C12H15FN2O2S/c13-9-4-5-12(15(16)17)11(7-9)14-8-10-3-1-2-6-18-10/h4-5,7,10,14H,1-3,6,8H2. The van der Waals surface area contributed by atoms with E-state index in [0.717, 1.165) is 18.2 Å². The quantitative estimate of drug-likeness (QED) is 0.672. The molecule has 1 saturated heterocycles. The van der Waals surface area contributed by atoms with Gasteiger partial charge in [0.05, 0.1) is 4.92 Å². The van der Waals surface area contributed by atoms with Crippen molar-refractivity contribution in [3.63, 3.8) is 0 Å². The second-order valence-corrected chi connectivity index (χ2v) is 5.70. The number of thioether (sulfide) groups is 1. The van der Waals surface area contributed by atoms with Crippen LogP contribution in [0.5, 0.6) is 0 Å². The van der Waals surface area contributed by atoms with Crippen molar-refractivity contribution in [2.45, 2.75) is 24.5 Å². The molecule has 4 nitrogen and oxygen atoms in total. The SMILES string of the molecule is O=[N+]([O-])c1ccc(F)cc1NCC1CCCCS1. The smallest absolute Gasteiger partial charge is 0.292 e. The highest BCUT2D eigenvalue weighted by molar-refractivity contribution is 7.99. The molecule has 0 aromatic heterocycles. The molecule has 98 valence electrons. The Kier molecular flexibility index (Phi) is 4.41. The van der Waals surface area contributed by atoms with Gasteiger partial charge in [-0.1, -0.05) is 6.42 Å². The Morgan fingerprint density at radius 3 is 3.00 bits per heavy atom. The summed E-state index contributed by atoms with van der Waals surface area (Å²) in [4.78, 5) is 10.3. The molecule has 1 heterocycles. The predicted octanol–water partition coefficient (Wildman–Crippen LogP) is 3.43. The molecule has 0 amide bonds. The minimum Gasteiger partial charge on any atom is -0.378 e. The summed E-state index contributed by atoms with van der Waals surface area (Å²) >= 11 is 1.87. The number of hydrogen-bond acceptors (Lipinski definition) is 4. The average molecular weight is 270 g/mol. The van der Waals surface area contributed by atoms with Crippen LogP contribution in [0.3, 0.4) is 0 Å². The highest BCUT2D eigenvalue weighted by atomic mass is 32.2. The van der Waals surface area contributed by atoms with Crippen molar-refractivity contribution in [1.82, 2.24) is 0 Å². The lowest BCUT2D eigenvalue weighted by Crippen LogP contribution is -2.20. The Bertz CT molecular complexity index is 436. The molecule has 0 bridgehead atoms. The molecule has 1 atom stereocenters. The molecule has 6 heteroatoms. The van der Waals surface area contributed by atoms with Crippen LogP contribution < -0.4 is 5.32 Å². The lowest BCUT2D eigenvalue weighted by molar-refractivity contribution is -0.384. The van der Waals surface area contributed by atoms with E-state index < -0.39 is 10.7 Å². The van der Waals surface area contributed by atoms with E-state index in [2.05, 4.69) is 5.32 Å². The molecular weight excluding hydrogens is 255 g/mol. The van der Waals surface area contributed by atoms with Crippen molar-refractivity contribution in [1.29, 1.82) is 0 Å². The van der Waals surface area contributed by atoms with E-state index in [0.29, 0.717) is 11.8 Å². The first-order valence-corrected chi connectivity index (χ1v) is 7.01. The molecule has 0 aliphatic carbocycles. The van der Waals surface area contributed by atoms with Crippen LogP contribution in [-0.4, -0.2) is 22.5 Å². The Morgan fingerprint density at radius 1 is 1.50 bits per heavy atom. The predicted molar refractivity (Wildman–Crippen MR) is 71.6 cm³/mol. The van der Waals surface area contributed by atoms with Crippen molar-refractivity contribution in [3.05, 3.63) is 34.1 Å². The van der Waals surface area contributed by atoms with Crippen LogP contribution >= 0.6 is 11.8 Å². The van der Waals surface area contributed by atoms with E-state index >= 15 is 0 Å². The van der Waals surface area contributed by atoms with Gasteiger partial charge in [0.15, 0.2) is 0 Å². The second kappa shape index (κ2) is 6.04. The summed E-state index contributed by atoms with van der Waals surface area (Å²) in [5, 5.41) is 14.3. The van der Waals surface area contributed by atoms with Crippen LogP contribution in [0, 0.1) is 15.9 Å². The number of nitro groups is 1. The fourth-order valence-electron chi connectivity index (χ4n) is 2.00. The van der Waals surface area contributed by atoms with E-state index in [1.165, 1.54) is 25.0 Å². The first kappa shape index (κ1) is 13.1. The molecule has 1 unspecified atom stereocenters. The van der Waals surface area contributed by atoms with Gasteiger partial charge in [-0.05, 0) is 24.7 Å². The number of anilines is 1. The van der Waals surface area contributed by atoms with Crippen molar-refractivity contribution in [2.75, 3.05) is 17.6 Å². The van der Waals surface area contributed by atoms with Crippen LogP contribution in [0.15, 0.2) is 18.2 Å². The largest absolute Gasteiger partial charge is 0.378 e. The minimum atomic E-state index is -0.490. The van der Waals surface area contributed by atoms with Gasteiger partial charge in [0.25, 0.3) is 5.69 Å². The van der Waals surface area contributed by atoms with Crippen LogP contribution in [0.2, 0.25) is 0 Å². The summed E-state index contributed by atoms with van der Waals surface area (Å²) in [5.74, 6) is 0.678. The summed E-state index contributed by atoms with van der Waals surface area (Å²) in [6, 6.07) is 3.50. The van der Waals surface area contributed by atoms with Crippen molar-refractivity contribution < 1.29 is 9.31 Å². The molecule has 1 aliphatic heterocycles. The van der Waals surface area contributed by atoms with Gasteiger partial charge in [-0.3, -0.25) is 10.1 Å². The fraction of sp³-hybridized carbons (Fsp3) is 0.500. The van der Waals surface area contributed by atoms with Crippen molar-refractivity contribution in [2.24, 2.45) is 0 Å². The number of benzene rings is 1. The molecule has 1 aromatic carbocycles. The Morgan fingerprint density at radius 2 is 2.33 bits per heavy atom. The zero-order chi connectivity index (χ0) is 13.0. The molecule has 1 aliphatic rings. The Hall–Kier alpha value is -1.30. The lowest BCUT2D eigenvalue weighted by atomic mass is 10.2. The molecule has 1 fully saturated rings. The number of rotatable bonds is 4. The summed E-state index contributed by atoms with van der Waals surface area (Å²) < 4.78 is 13.1. The summed E-state index contributed by atoms with van der Waals surface area (Å²) in [7, 11) is 0. The number of nitro benzene ring substituents is 1. The van der Waals surface area contributed by atoms with E-state index in [-0.39, 0.29) is 11.4 Å². The number of halogens is 1. The fourth-order valence-corrected chi connectivity index (χ4v) is 3.24. The average Bonchev–Trinajstić information content (AvgIpc) is 2.37. The van der Waals surface area contributed by atoms with E-state index in [4.69, 9.17) is 0 Å². The van der Waals surface area contributed by atoms with Crippen LogP contribution in [-0.2, 0) is 0 Å². The molecule has 1 N–H and O–H groups in total. The Labute approximate surface area is 109 Å². The highest BCUT2D eigenvalue weighted by Crippen LogP contribution is 2.28. The first-order valence-electron chi connectivity index (χ1n) is 5.96. The van der Waals surface area contributed by atoms with Gasteiger partial charge in [-0.2, -0.15) is 11.8 Å². The molecule has 2 rings (SSSR count). The van der Waals surface area contributed by atoms with Gasteiger partial charge in [0.1, 0.15) is 11.5 Å². The molecule has 0 spiro atoms. The summed E-state index contributed by atoms with van der Waals surface area (Å²) in [6.45, 7) is 0.648. The molecular formula is C12H15FN2O2S. The van der Waals surface area contributed by atoms with Gasteiger partial charge >= 0.3 is 0 Å². The maximum Gasteiger partial charge on any atom is 0.292 e. The monoisotopic (exact) mass is 270 g/mol. The van der Waals surface area contributed by atoms with Crippen molar-refractivity contribution in [3.8, 4) is 0 Å². The van der Waals surface area contributed by atoms with Crippen LogP contribution in [0.4, 0.5) is 15.8 Å². The molecule has 1 aromatic rings. The third kappa shape index (κ3) is 3.35. The normalized spacial score (nSPS) is 19.5. The topological polar surface area (TPSA) is 55.2 Å². The van der Waals surface area contributed by atoms with E-state index in [1.807, 2.05) is 11.8 Å². The molecule has 18 heavy (non-hydrogen) atoms. The maximum atomic E-state index is 13.1. The van der Waals surface area contributed by atoms with Gasteiger partial charge < -0.3 is 5.32 Å². The van der Waals surface area contributed by atoms with Gasteiger partial charge in [-0.15, -0.1) is 0 Å². The van der Waals surface area contributed by atoms with E-state index in [1.54, 1.807) is 0 Å². The van der Waals surface area contributed by atoms with Gasteiger partial charge in [0, 0.05) is 23.9 Å². The highest BCUT2D eigenvalue weighted by Gasteiger charge is 2.17. The summed E-state index contributed by atoms with van der Waals surface area (Å²) in [5.41, 5.74) is 0.198. The van der Waals surface area contributed by atoms with Gasteiger partial charge in [-0.25, -0.2) is 4.39 Å². The van der Waals surface area contributed by atoms with Crippen molar-refractivity contribution >= 4 is 23.1 Å². The zero-order valence-corrected chi connectivity index (χ0v) is 10.7. The minimum absolute atomic E-state index is 0.0720. The number of nitrogens with one attached hydrogen (secondary N) is 1. The van der Waals surface area contributed by atoms with Gasteiger partial charge in [0.2, 0.25) is 0 Å². The lowest BCUT2D eigenvalue weighted by Gasteiger charge is -2.21. The van der Waals surface area contributed by atoms with E-state index in [9.17, 15) is 14.5 Å². The third-order valence-electron chi connectivity index (χ3n) is 2.95. The molecule has 0 saturated carbocycles.